The normalized spacial score (nSPS) is 20.5. The SMILES string of the molecule is COc1ccc(CN2C(=O)N(C(=O)OC(C)(C)C)C(COCc3cc(C(F)(F)F)cc(C(F)(F)F)c3)(c3ccccc3)C2(C)O)cc1. The lowest BCUT2D eigenvalue weighted by Crippen LogP contribution is -2.61. The van der Waals surface area contributed by atoms with E-state index in [9.17, 15) is 41.0 Å². The van der Waals surface area contributed by atoms with Gasteiger partial charge in [0.25, 0.3) is 0 Å². The second-order valence-electron chi connectivity index (χ2n) is 12.2. The second-order valence-corrected chi connectivity index (χ2v) is 12.2. The summed E-state index contributed by atoms with van der Waals surface area (Å²) >= 11 is 0. The molecule has 0 saturated carbocycles. The second kappa shape index (κ2) is 12.7. The predicted molar refractivity (Wildman–Crippen MR) is 157 cm³/mol. The minimum absolute atomic E-state index is 0.00330. The lowest BCUT2D eigenvalue weighted by molar-refractivity contribution is -0.150. The topological polar surface area (TPSA) is 88.5 Å². The first-order valence-electron chi connectivity index (χ1n) is 14.3. The number of hydrogen-bond acceptors (Lipinski definition) is 6. The van der Waals surface area contributed by atoms with Crippen LogP contribution in [0.15, 0.2) is 72.8 Å². The minimum atomic E-state index is -5.09. The minimum Gasteiger partial charge on any atom is -0.497 e. The largest absolute Gasteiger partial charge is 0.497 e. The lowest BCUT2D eigenvalue weighted by Gasteiger charge is -2.44. The van der Waals surface area contributed by atoms with E-state index in [1.165, 1.54) is 26.2 Å². The Bertz CT molecular complexity index is 1550. The molecular formula is C33H34F6N2O6. The molecule has 3 amide bonds. The molecule has 14 heteroatoms. The molecule has 1 aliphatic heterocycles. The lowest BCUT2D eigenvalue weighted by atomic mass is 9.80. The quantitative estimate of drug-likeness (QED) is 0.247. The molecule has 2 atom stereocenters. The van der Waals surface area contributed by atoms with Crippen LogP contribution in [0.25, 0.3) is 0 Å². The highest BCUT2D eigenvalue weighted by atomic mass is 19.4. The first-order chi connectivity index (χ1) is 21.7. The van der Waals surface area contributed by atoms with Crippen molar-refractivity contribution in [3.63, 3.8) is 0 Å². The molecule has 3 aromatic carbocycles. The van der Waals surface area contributed by atoms with Crippen molar-refractivity contribution in [2.45, 2.75) is 70.1 Å². The molecule has 1 heterocycles. The average molecular weight is 669 g/mol. The van der Waals surface area contributed by atoms with Crippen LogP contribution in [-0.2, 0) is 40.5 Å². The average Bonchev–Trinajstić information content (AvgIpc) is 3.14. The summed E-state index contributed by atoms with van der Waals surface area (Å²) in [4.78, 5) is 29.7. The van der Waals surface area contributed by atoms with Gasteiger partial charge in [0.1, 0.15) is 11.4 Å². The Hall–Kier alpha value is -4.30. The Kier molecular flexibility index (Phi) is 9.62. The fraction of sp³-hybridized carbons (Fsp3) is 0.394. The fourth-order valence-electron chi connectivity index (χ4n) is 5.40. The Morgan fingerprint density at radius 2 is 1.40 bits per heavy atom. The summed E-state index contributed by atoms with van der Waals surface area (Å²) in [6, 6.07) is 14.4. The molecule has 1 aliphatic rings. The van der Waals surface area contributed by atoms with Gasteiger partial charge in [0.15, 0.2) is 11.3 Å². The number of methoxy groups -OCH3 is 1. The van der Waals surface area contributed by atoms with Gasteiger partial charge >= 0.3 is 24.5 Å². The first kappa shape index (κ1) is 35.6. The van der Waals surface area contributed by atoms with Crippen molar-refractivity contribution < 1.29 is 55.2 Å². The van der Waals surface area contributed by atoms with E-state index in [-0.39, 0.29) is 18.2 Å². The summed E-state index contributed by atoms with van der Waals surface area (Å²) in [6.07, 6.45) is -11.3. The van der Waals surface area contributed by atoms with Gasteiger partial charge in [0.2, 0.25) is 0 Å². The van der Waals surface area contributed by atoms with E-state index >= 15 is 0 Å². The monoisotopic (exact) mass is 668 g/mol. The zero-order chi connectivity index (χ0) is 35.0. The van der Waals surface area contributed by atoms with Gasteiger partial charge in [0.05, 0.1) is 38.0 Å². The third-order valence-electron chi connectivity index (χ3n) is 7.67. The number of nitrogens with zero attached hydrogens (tertiary/aromatic N) is 2. The highest BCUT2D eigenvalue weighted by molar-refractivity contribution is 5.95. The number of alkyl halides is 6. The van der Waals surface area contributed by atoms with Crippen LogP contribution in [0, 0.1) is 0 Å². The first-order valence-corrected chi connectivity index (χ1v) is 14.3. The Morgan fingerprint density at radius 1 is 0.851 bits per heavy atom. The fourth-order valence-corrected chi connectivity index (χ4v) is 5.40. The molecule has 1 saturated heterocycles. The van der Waals surface area contributed by atoms with Crippen molar-refractivity contribution in [2.75, 3.05) is 13.7 Å². The van der Waals surface area contributed by atoms with Gasteiger partial charge < -0.3 is 19.3 Å². The smallest absolute Gasteiger partial charge is 0.419 e. The van der Waals surface area contributed by atoms with Gasteiger partial charge in [-0.2, -0.15) is 26.3 Å². The Morgan fingerprint density at radius 3 is 1.89 bits per heavy atom. The number of urea groups is 1. The molecular weight excluding hydrogens is 634 g/mol. The molecule has 0 aliphatic carbocycles. The molecule has 47 heavy (non-hydrogen) atoms. The maximum Gasteiger partial charge on any atom is 0.419 e. The van der Waals surface area contributed by atoms with Crippen LogP contribution in [0.1, 0.15) is 55.5 Å². The number of aliphatic hydroxyl groups is 1. The van der Waals surface area contributed by atoms with Crippen molar-refractivity contribution >= 4 is 12.1 Å². The van der Waals surface area contributed by atoms with Gasteiger partial charge in [-0.3, -0.25) is 4.90 Å². The number of amides is 3. The van der Waals surface area contributed by atoms with Gasteiger partial charge in [-0.25, -0.2) is 14.5 Å². The maximum atomic E-state index is 14.2. The molecule has 1 N–H and O–H groups in total. The van der Waals surface area contributed by atoms with Crippen LogP contribution in [0.2, 0.25) is 0 Å². The summed E-state index contributed by atoms with van der Waals surface area (Å²) in [5, 5.41) is 12.3. The van der Waals surface area contributed by atoms with Crippen LogP contribution in [0.3, 0.4) is 0 Å². The van der Waals surface area contributed by atoms with Crippen molar-refractivity contribution in [1.29, 1.82) is 0 Å². The van der Waals surface area contributed by atoms with E-state index in [1.54, 1.807) is 63.2 Å². The standard InChI is InChI=1S/C33H34F6N2O6/c1-29(2,3)47-28(43)41-27(42)40(18-21-11-13-26(45-5)14-12-21)30(4,44)31(41,23-9-7-6-8-10-23)20-46-19-22-15-24(32(34,35)36)17-25(16-22)33(37,38)39/h6-17,44H,18-20H2,1-5H3. The summed E-state index contributed by atoms with van der Waals surface area (Å²) < 4.78 is 97.7. The van der Waals surface area contributed by atoms with Crippen LogP contribution in [0.5, 0.6) is 5.75 Å². The zero-order valence-corrected chi connectivity index (χ0v) is 26.2. The molecule has 4 rings (SSSR count). The van der Waals surface area contributed by atoms with E-state index in [0.717, 1.165) is 4.90 Å². The maximum absolute atomic E-state index is 14.2. The van der Waals surface area contributed by atoms with Crippen molar-refractivity contribution in [2.24, 2.45) is 0 Å². The van der Waals surface area contributed by atoms with Gasteiger partial charge in [-0.15, -0.1) is 0 Å². The highest BCUT2D eigenvalue weighted by Crippen LogP contribution is 2.49. The summed E-state index contributed by atoms with van der Waals surface area (Å²) in [5.74, 6) is 0.527. The van der Waals surface area contributed by atoms with Crippen molar-refractivity contribution in [1.82, 2.24) is 9.80 Å². The summed E-state index contributed by atoms with van der Waals surface area (Å²) in [5.41, 5.74) is -8.30. The molecule has 2 unspecified atom stereocenters. The number of hydrogen-bond donors (Lipinski definition) is 1. The molecule has 0 bridgehead atoms. The van der Waals surface area contributed by atoms with E-state index < -0.39 is 71.2 Å². The van der Waals surface area contributed by atoms with Gasteiger partial charge in [0, 0.05) is 0 Å². The Balaban J connectivity index is 1.82. The molecule has 0 aromatic heterocycles. The van der Waals surface area contributed by atoms with Gasteiger partial charge in [-0.1, -0.05) is 42.5 Å². The summed E-state index contributed by atoms with van der Waals surface area (Å²) in [7, 11) is 1.47. The number of halogens is 6. The number of rotatable bonds is 8. The van der Waals surface area contributed by atoms with E-state index in [0.29, 0.717) is 28.3 Å². The number of ether oxygens (including phenoxy) is 3. The number of imide groups is 1. The molecule has 0 spiro atoms. The van der Waals surface area contributed by atoms with Crippen LogP contribution in [0.4, 0.5) is 35.9 Å². The molecule has 8 nitrogen and oxygen atoms in total. The molecule has 254 valence electrons. The molecule has 3 aromatic rings. The van der Waals surface area contributed by atoms with E-state index in [2.05, 4.69) is 0 Å². The number of carbonyl (C=O) groups excluding carboxylic acids is 2. The third-order valence-corrected chi connectivity index (χ3v) is 7.67. The van der Waals surface area contributed by atoms with Gasteiger partial charge in [-0.05, 0) is 74.7 Å². The van der Waals surface area contributed by atoms with Crippen LogP contribution in [-0.4, -0.2) is 52.1 Å². The molecule has 1 fully saturated rings. The van der Waals surface area contributed by atoms with Crippen molar-refractivity contribution in [3.8, 4) is 5.75 Å². The van der Waals surface area contributed by atoms with Crippen molar-refractivity contribution in [3.05, 3.63) is 101 Å². The summed E-state index contributed by atoms with van der Waals surface area (Å²) in [6.45, 7) is 4.19. The zero-order valence-electron chi connectivity index (χ0n) is 26.2. The van der Waals surface area contributed by atoms with Crippen LogP contribution < -0.4 is 4.74 Å². The van der Waals surface area contributed by atoms with Crippen LogP contribution >= 0.6 is 0 Å². The Labute approximate surface area is 267 Å². The van der Waals surface area contributed by atoms with E-state index in [4.69, 9.17) is 14.2 Å². The third kappa shape index (κ3) is 7.33. The number of benzene rings is 3. The predicted octanol–water partition coefficient (Wildman–Crippen LogP) is 7.73. The van der Waals surface area contributed by atoms with E-state index in [1.807, 2.05) is 0 Å². The number of carbonyl (C=O) groups is 2. The molecule has 0 radical (unpaired) electrons. The highest BCUT2D eigenvalue weighted by Gasteiger charge is 2.68.